The molecule has 3 aromatic rings. The SMILES string of the molecule is CCCCCC=CC(=O)[N+]1(OCCc2nc(-c3ccccc3)oc2C)CCc2ccccc2C1C(=O)O. The predicted octanol–water partition coefficient (Wildman–Crippen LogP) is 5.99. The summed E-state index contributed by atoms with van der Waals surface area (Å²) in [6.45, 7) is 4.35. The van der Waals surface area contributed by atoms with Gasteiger partial charge < -0.3 is 9.52 Å². The summed E-state index contributed by atoms with van der Waals surface area (Å²) < 4.78 is 5.26. The largest absolute Gasteiger partial charge is 0.476 e. The number of allylic oxidation sites excluding steroid dienone is 1. The zero-order chi connectivity index (χ0) is 26.3. The maximum atomic E-state index is 13.6. The summed E-state index contributed by atoms with van der Waals surface area (Å²) in [6.07, 6.45) is 8.23. The van der Waals surface area contributed by atoms with Crippen LogP contribution in [0.3, 0.4) is 0 Å². The number of aliphatic carboxylic acids is 1. The minimum atomic E-state index is -1.14. The quantitative estimate of drug-likeness (QED) is 0.197. The number of hydroxylamine groups is 3. The summed E-state index contributed by atoms with van der Waals surface area (Å²) in [5.74, 6) is -0.225. The average molecular weight is 504 g/mol. The lowest BCUT2D eigenvalue weighted by atomic mass is 9.91. The molecule has 0 aliphatic carbocycles. The van der Waals surface area contributed by atoms with Crippen LogP contribution >= 0.6 is 0 Å². The van der Waals surface area contributed by atoms with Crippen LogP contribution in [0.1, 0.15) is 61.2 Å². The van der Waals surface area contributed by atoms with Gasteiger partial charge >= 0.3 is 11.9 Å². The fourth-order valence-corrected chi connectivity index (χ4v) is 4.91. The van der Waals surface area contributed by atoms with Crippen LogP contribution in [-0.4, -0.2) is 39.8 Å². The topological polar surface area (TPSA) is 89.6 Å². The predicted molar refractivity (Wildman–Crippen MR) is 140 cm³/mol. The fourth-order valence-electron chi connectivity index (χ4n) is 4.91. The van der Waals surface area contributed by atoms with Crippen molar-refractivity contribution in [3.05, 3.63) is 89.3 Å². The molecule has 1 aliphatic heterocycles. The fraction of sp³-hybridized carbons (Fsp3) is 0.367. The molecule has 7 heteroatoms. The van der Waals surface area contributed by atoms with Crippen molar-refractivity contribution in [3.8, 4) is 11.5 Å². The van der Waals surface area contributed by atoms with Gasteiger partial charge in [-0.25, -0.2) is 14.6 Å². The molecule has 1 aliphatic rings. The molecule has 0 saturated carbocycles. The van der Waals surface area contributed by atoms with Crippen molar-refractivity contribution >= 4 is 11.9 Å². The molecular formula is C30H35N2O5+. The van der Waals surface area contributed by atoms with Gasteiger partial charge in [0.05, 0.1) is 5.69 Å². The summed E-state index contributed by atoms with van der Waals surface area (Å²) in [5, 5.41) is 10.3. The molecule has 37 heavy (non-hydrogen) atoms. The molecule has 2 unspecified atom stereocenters. The highest BCUT2D eigenvalue weighted by Gasteiger charge is 2.54. The number of benzene rings is 2. The number of quaternary nitrogens is 1. The lowest BCUT2D eigenvalue weighted by Crippen LogP contribution is -2.59. The molecule has 0 bridgehead atoms. The Bertz CT molecular complexity index is 1250. The van der Waals surface area contributed by atoms with E-state index in [1.54, 1.807) is 6.07 Å². The van der Waals surface area contributed by atoms with Crippen LogP contribution in [0.15, 0.2) is 71.2 Å². The van der Waals surface area contributed by atoms with Gasteiger partial charge in [0.2, 0.25) is 11.9 Å². The summed E-state index contributed by atoms with van der Waals surface area (Å²) in [5.41, 5.74) is 3.16. The Morgan fingerprint density at radius 2 is 1.89 bits per heavy atom. The molecule has 2 heterocycles. The number of unbranched alkanes of at least 4 members (excludes halogenated alkanes) is 3. The van der Waals surface area contributed by atoms with Crippen molar-refractivity contribution in [1.29, 1.82) is 0 Å². The Morgan fingerprint density at radius 1 is 1.14 bits per heavy atom. The zero-order valence-electron chi connectivity index (χ0n) is 21.6. The summed E-state index contributed by atoms with van der Waals surface area (Å²) in [4.78, 5) is 37.2. The molecule has 0 saturated heterocycles. The van der Waals surface area contributed by atoms with Crippen LogP contribution in [-0.2, 0) is 27.3 Å². The highest BCUT2D eigenvalue weighted by Crippen LogP contribution is 2.38. The summed E-state index contributed by atoms with van der Waals surface area (Å²) >= 11 is 0. The minimum Gasteiger partial charge on any atom is -0.476 e. The molecule has 2 aromatic carbocycles. The van der Waals surface area contributed by atoms with E-state index in [9.17, 15) is 14.7 Å². The molecule has 2 atom stereocenters. The molecular weight excluding hydrogens is 468 g/mol. The van der Waals surface area contributed by atoms with E-state index in [-0.39, 0.29) is 19.1 Å². The third kappa shape index (κ3) is 5.89. The van der Waals surface area contributed by atoms with Crippen molar-refractivity contribution in [2.45, 2.75) is 58.4 Å². The van der Waals surface area contributed by atoms with E-state index < -0.39 is 16.7 Å². The third-order valence-corrected chi connectivity index (χ3v) is 6.90. The lowest BCUT2D eigenvalue weighted by molar-refractivity contribution is -1.06. The molecule has 1 N–H and O–H groups in total. The van der Waals surface area contributed by atoms with Crippen molar-refractivity contribution in [2.75, 3.05) is 13.2 Å². The van der Waals surface area contributed by atoms with E-state index in [0.29, 0.717) is 30.1 Å². The van der Waals surface area contributed by atoms with E-state index in [1.165, 1.54) is 6.08 Å². The number of carbonyl (C=O) groups excluding carboxylic acids is 1. The first-order valence-electron chi connectivity index (χ1n) is 13.0. The summed E-state index contributed by atoms with van der Waals surface area (Å²) in [6, 6.07) is 15.9. The number of aryl methyl sites for hydroxylation is 1. The van der Waals surface area contributed by atoms with Gasteiger partial charge in [-0.15, -0.1) is 0 Å². The second-order valence-corrected chi connectivity index (χ2v) is 9.42. The molecule has 0 fully saturated rings. The maximum absolute atomic E-state index is 13.6. The highest BCUT2D eigenvalue weighted by molar-refractivity contribution is 5.85. The molecule has 0 radical (unpaired) electrons. The summed E-state index contributed by atoms with van der Waals surface area (Å²) in [7, 11) is 0. The lowest BCUT2D eigenvalue weighted by Gasteiger charge is -2.40. The number of oxazole rings is 1. The first-order chi connectivity index (χ1) is 18.0. The number of nitrogens with zero attached hydrogens (tertiary/aromatic N) is 2. The monoisotopic (exact) mass is 503 g/mol. The minimum absolute atomic E-state index is 0.128. The van der Waals surface area contributed by atoms with Crippen LogP contribution < -0.4 is 0 Å². The number of hydrogen-bond donors (Lipinski definition) is 1. The first-order valence-corrected chi connectivity index (χ1v) is 13.0. The zero-order valence-corrected chi connectivity index (χ0v) is 21.6. The van der Waals surface area contributed by atoms with E-state index in [4.69, 9.17) is 9.25 Å². The van der Waals surface area contributed by atoms with Crippen molar-refractivity contribution < 1.29 is 28.6 Å². The van der Waals surface area contributed by atoms with Crippen molar-refractivity contribution in [1.82, 2.24) is 4.98 Å². The van der Waals surface area contributed by atoms with E-state index in [2.05, 4.69) is 11.9 Å². The third-order valence-electron chi connectivity index (χ3n) is 6.90. The first kappa shape index (κ1) is 26.5. The smallest absolute Gasteiger partial charge is 0.371 e. The molecule has 1 aromatic heterocycles. The van der Waals surface area contributed by atoms with Gasteiger partial charge in [-0.1, -0.05) is 73.0 Å². The number of carboxylic acid groups (broad SMARTS) is 1. The standard InChI is InChI=1S/C30H34N2O5/c1-3-4-5-6-10-17-27(33)32(20-18-23-13-11-12-16-25(23)28(32)30(34)35)36-21-19-26-22(2)37-29(31-26)24-14-8-7-9-15-24/h7-17,28H,3-6,18-21H2,1-2H3/p+1. The number of carboxylic acids is 1. The number of hydrogen-bond acceptors (Lipinski definition) is 5. The Kier molecular flexibility index (Phi) is 8.69. The van der Waals surface area contributed by atoms with Gasteiger partial charge in [-0.2, -0.15) is 4.84 Å². The Labute approximate surface area is 217 Å². The number of rotatable bonds is 11. The number of amides is 1. The van der Waals surface area contributed by atoms with Crippen molar-refractivity contribution in [2.24, 2.45) is 0 Å². The second kappa shape index (κ2) is 12.1. The van der Waals surface area contributed by atoms with Crippen LogP contribution in [0.4, 0.5) is 0 Å². The Morgan fingerprint density at radius 3 is 2.65 bits per heavy atom. The average Bonchev–Trinajstić information content (AvgIpc) is 3.28. The normalized spacial score (nSPS) is 19.1. The molecule has 1 amide bonds. The van der Waals surface area contributed by atoms with Crippen LogP contribution in [0.5, 0.6) is 0 Å². The maximum Gasteiger partial charge on any atom is 0.371 e. The molecule has 0 spiro atoms. The number of fused-ring (bicyclic) bond motifs is 1. The van der Waals surface area contributed by atoms with E-state index in [0.717, 1.165) is 42.5 Å². The van der Waals surface area contributed by atoms with Crippen LogP contribution in [0.2, 0.25) is 0 Å². The molecule has 7 nitrogen and oxygen atoms in total. The highest BCUT2D eigenvalue weighted by atomic mass is 16.7. The van der Waals surface area contributed by atoms with Crippen molar-refractivity contribution in [3.63, 3.8) is 0 Å². The Hall–Kier alpha value is -3.55. The van der Waals surface area contributed by atoms with E-state index in [1.807, 2.05) is 61.5 Å². The van der Waals surface area contributed by atoms with Gasteiger partial charge in [-0.05, 0) is 37.5 Å². The van der Waals surface area contributed by atoms with Gasteiger partial charge in [0.15, 0.2) is 0 Å². The van der Waals surface area contributed by atoms with Crippen LogP contribution in [0.25, 0.3) is 11.5 Å². The van der Waals surface area contributed by atoms with E-state index >= 15 is 0 Å². The van der Waals surface area contributed by atoms with Gasteiger partial charge in [0.1, 0.15) is 18.9 Å². The second-order valence-electron chi connectivity index (χ2n) is 9.42. The number of carbonyl (C=O) groups is 2. The molecule has 4 rings (SSSR count). The number of aromatic nitrogens is 1. The van der Waals surface area contributed by atoms with Gasteiger partial charge in [0, 0.05) is 30.0 Å². The van der Waals surface area contributed by atoms with Gasteiger partial charge in [-0.3, -0.25) is 0 Å². The Balaban J connectivity index is 1.58. The van der Waals surface area contributed by atoms with Crippen LogP contribution in [0, 0.1) is 6.92 Å². The molecule has 194 valence electrons. The van der Waals surface area contributed by atoms with Gasteiger partial charge in [0.25, 0.3) is 0 Å².